The largest absolute Gasteiger partial charge is 0.351 e. The maximum Gasteiger partial charge on any atom is 0.318 e. The number of urea groups is 1. The Hall–Kier alpha value is -0.710. The first-order valence-corrected chi connectivity index (χ1v) is 4.97. The maximum absolute atomic E-state index is 11.2. The van der Waals surface area contributed by atoms with Crippen molar-refractivity contribution in [3.63, 3.8) is 0 Å². The summed E-state index contributed by atoms with van der Waals surface area (Å²) in [5.41, 5.74) is 4.82. The summed E-state index contributed by atoms with van der Waals surface area (Å²) in [5, 5.41) is 2.01. The van der Waals surface area contributed by atoms with Crippen LogP contribution in [0.1, 0.15) is 19.3 Å². The Bertz CT molecular complexity index is 190. The predicted molar refractivity (Wildman–Crippen MR) is 47.8 cm³/mol. The zero-order valence-electron chi connectivity index (χ0n) is 6.71. The lowest BCUT2D eigenvalue weighted by molar-refractivity contribution is -0.119. The molecule has 3 amide bonds. The normalized spacial score (nSPS) is 23.2. The molecule has 12 heavy (non-hydrogen) atoms. The van der Waals surface area contributed by atoms with Crippen LogP contribution >= 0.6 is 11.8 Å². The molecule has 1 unspecified atom stereocenters. The number of rotatable bonds is 1. The summed E-state index contributed by atoms with van der Waals surface area (Å²) in [7, 11) is 0. The third-order valence-electron chi connectivity index (χ3n) is 1.72. The fraction of sp³-hybridized carbons (Fsp3) is 0.714. The minimum atomic E-state index is -0.758. The molecule has 0 aromatic rings. The highest BCUT2D eigenvalue weighted by atomic mass is 32.2. The molecule has 0 bridgehead atoms. The van der Waals surface area contributed by atoms with Gasteiger partial charge in [-0.3, -0.25) is 10.1 Å². The van der Waals surface area contributed by atoms with Crippen LogP contribution in [0, 0.1) is 0 Å². The molecule has 0 aromatic heterocycles. The summed E-state index contributed by atoms with van der Waals surface area (Å²) in [6, 6.07) is -0.758. The number of thioether (sulfide) groups is 1. The number of nitrogens with two attached hydrogens (primary N) is 1. The summed E-state index contributed by atoms with van der Waals surface area (Å²) in [5.74, 6) is 0.754. The lowest BCUT2D eigenvalue weighted by Crippen LogP contribution is -2.41. The fourth-order valence-electron chi connectivity index (χ4n) is 1.15. The summed E-state index contributed by atoms with van der Waals surface area (Å²) in [4.78, 5) is 21.5. The van der Waals surface area contributed by atoms with Crippen molar-refractivity contribution >= 4 is 23.7 Å². The van der Waals surface area contributed by atoms with Crippen LogP contribution < -0.4 is 11.1 Å². The highest BCUT2D eigenvalue weighted by Gasteiger charge is 2.22. The van der Waals surface area contributed by atoms with Crippen molar-refractivity contribution in [2.75, 3.05) is 5.75 Å². The Kier molecular flexibility index (Phi) is 3.40. The molecule has 0 aliphatic carbocycles. The van der Waals surface area contributed by atoms with Crippen LogP contribution in [0.15, 0.2) is 0 Å². The van der Waals surface area contributed by atoms with Gasteiger partial charge in [-0.15, -0.1) is 11.8 Å². The molecule has 4 nitrogen and oxygen atoms in total. The van der Waals surface area contributed by atoms with Crippen LogP contribution in [0.25, 0.3) is 0 Å². The van der Waals surface area contributed by atoms with Crippen molar-refractivity contribution in [1.82, 2.24) is 5.32 Å². The molecule has 68 valence electrons. The average molecular weight is 188 g/mol. The van der Waals surface area contributed by atoms with Crippen LogP contribution in [0.5, 0.6) is 0 Å². The van der Waals surface area contributed by atoms with Gasteiger partial charge in [0.15, 0.2) is 0 Å². The van der Waals surface area contributed by atoms with Gasteiger partial charge in [-0.2, -0.15) is 0 Å². The van der Waals surface area contributed by atoms with Gasteiger partial charge in [-0.25, -0.2) is 4.79 Å². The van der Waals surface area contributed by atoms with E-state index in [0.717, 1.165) is 25.0 Å². The van der Waals surface area contributed by atoms with E-state index in [2.05, 4.69) is 5.32 Å². The van der Waals surface area contributed by atoms with E-state index in [1.807, 2.05) is 0 Å². The van der Waals surface area contributed by atoms with Gasteiger partial charge in [0.25, 0.3) is 0 Å². The van der Waals surface area contributed by atoms with Crippen molar-refractivity contribution in [2.45, 2.75) is 24.5 Å². The van der Waals surface area contributed by atoms with E-state index < -0.39 is 6.03 Å². The van der Waals surface area contributed by atoms with Gasteiger partial charge in [-0.05, 0) is 18.6 Å². The molecule has 1 rings (SSSR count). The third kappa shape index (κ3) is 2.73. The minimum absolute atomic E-state index is 0.0775. The van der Waals surface area contributed by atoms with Gasteiger partial charge < -0.3 is 5.73 Å². The first-order chi connectivity index (χ1) is 5.70. The Morgan fingerprint density at radius 3 is 2.67 bits per heavy atom. The van der Waals surface area contributed by atoms with Crippen LogP contribution in [-0.2, 0) is 4.79 Å². The molecule has 1 atom stereocenters. The Morgan fingerprint density at radius 1 is 1.42 bits per heavy atom. The second kappa shape index (κ2) is 4.35. The minimum Gasteiger partial charge on any atom is -0.351 e. The van der Waals surface area contributed by atoms with E-state index in [9.17, 15) is 9.59 Å². The molecule has 1 heterocycles. The molecule has 0 radical (unpaired) electrons. The van der Waals surface area contributed by atoms with Crippen LogP contribution in [-0.4, -0.2) is 22.9 Å². The zero-order valence-corrected chi connectivity index (χ0v) is 7.52. The first kappa shape index (κ1) is 9.38. The zero-order chi connectivity index (χ0) is 8.97. The van der Waals surface area contributed by atoms with E-state index in [4.69, 9.17) is 5.73 Å². The van der Waals surface area contributed by atoms with E-state index in [1.165, 1.54) is 0 Å². The van der Waals surface area contributed by atoms with Gasteiger partial charge in [0.05, 0.1) is 5.25 Å². The number of hydrogen-bond donors (Lipinski definition) is 2. The molecule has 0 saturated carbocycles. The lowest BCUT2D eigenvalue weighted by atomic mass is 10.2. The van der Waals surface area contributed by atoms with Gasteiger partial charge in [-0.1, -0.05) is 6.42 Å². The average Bonchev–Trinajstić information content (AvgIpc) is 2.05. The molecule has 1 fully saturated rings. The van der Waals surface area contributed by atoms with Gasteiger partial charge in [0.1, 0.15) is 0 Å². The first-order valence-electron chi connectivity index (χ1n) is 3.92. The molecule has 1 aliphatic heterocycles. The second-order valence-electron chi connectivity index (χ2n) is 2.71. The van der Waals surface area contributed by atoms with Crippen molar-refractivity contribution in [3.8, 4) is 0 Å². The predicted octanol–water partition coefficient (Wildman–Crippen LogP) is 0.467. The van der Waals surface area contributed by atoms with Crippen molar-refractivity contribution in [2.24, 2.45) is 5.73 Å². The van der Waals surface area contributed by atoms with Gasteiger partial charge >= 0.3 is 6.03 Å². The number of nitrogens with one attached hydrogen (secondary N) is 1. The van der Waals surface area contributed by atoms with Crippen molar-refractivity contribution < 1.29 is 9.59 Å². The summed E-state index contributed by atoms with van der Waals surface area (Å²) >= 11 is 1.59. The molecule has 0 aromatic carbocycles. The monoisotopic (exact) mass is 188 g/mol. The third-order valence-corrected chi connectivity index (χ3v) is 3.10. The summed E-state index contributed by atoms with van der Waals surface area (Å²) in [6.07, 6.45) is 3.07. The molecule has 1 aliphatic rings. The molecule has 3 N–H and O–H groups in total. The van der Waals surface area contributed by atoms with E-state index >= 15 is 0 Å². The van der Waals surface area contributed by atoms with Gasteiger partial charge in [0, 0.05) is 0 Å². The SMILES string of the molecule is NC(=O)NC(=O)C1CCCCS1. The van der Waals surface area contributed by atoms with Crippen LogP contribution in [0.3, 0.4) is 0 Å². The fourth-order valence-corrected chi connectivity index (χ4v) is 2.35. The smallest absolute Gasteiger partial charge is 0.318 e. The van der Waals surface area contributed by atoms with Crippen molar-refractivity contribution in [3.05, 3.63) is 0 Å². The Labute approximate surface area is 75.3 Å². The number of primary amides is 1. The number of carbonyl (C=O) groups is 2. The molecular weight excluding hydrogens is 176 g/mol. The number of hydrogen-bond acceptors (Lipinski definition) is 3. The standard InChI is InChI=1S/C7H12N2O2S/c8-7(11)9-6(10)5-3-1-2-4-12-5/h5H,1-4H2,(H3,8,9,10,11). The summed E-state index contributed by atoms with van der Waals surface area (Å²) < 4.78 is 0. The van der Waals surface area contributed by atoms with Gasteiger partial charge in [0.2, 0.25) is 5.91 Å². The maximum atomic E-state index is 11.2. The topological polar surface area (TPSA) is 72.2 Å². The molecule has 1 saturated heterocycles. The number of amides is 3. The molecule has 0 spiro atoms. The summed E-state index contributed by atoms with van der Waals surface area (Å²) in [6.45, 7) is 0. The van der Waals surface area contributed by atoms with Crippen LogP contribution in [0.4, 0.5) is 4.79 Å². The van der Waals surface area contributed by atoms with E-state index in [-0.39, 0.29) is 11.2 Å². The second-order valence-corrected chi connectivity index (χ2v) is 4.02. The number of imide groups is 1. The lowest BCUT2D eigenvalue weighted by Gasteiger charge is -2.19. The molecular formula is C7H12N2O2S. The van der Waals surface area contributed by atoms with Crippen LogP contribution in [0.2, 0.25) is 0 Å². The Morgan fingerprint density at radius 2 is 2.17 bits per heavy atom. The number of carbonyl (C=O) groups excluding carboxylic acids is 2. The quantitative estimate of drug-likeness (QED) is 0.628. The van der Waals surface area contributed by atoms with E-state index in [0.29, 0.717) is 0 Å². The van der Waals surface area contributed by atoms with E-state index in [1.54, 1.807) is 11.8 Å². The highest BCUT2D eigenvalue weighted by Crippen LogP contribution is 2.24. The van der Waals surface area contributed by atoms with Crippen molar-refractivity contribution in [1.29, 1.82) is 0 Å². The molecule has 5 heteroatoms. The highest BCUT2D eigenvalue weighted by molar-refractivity contribution is 8.00. The Balaban J connectivity index is 2.34.